The lowest BCUT2D eigenvalue weighted by atomic mass is 10.2. The molecule has 6 nitrogen and oxygen atoms in total. The largest absolute Gasteiger partial charge is 0.350 e. The molecule has 0 bridgehead atoms. The molecule has 118 valence electrons. The highest BCUT2D eigenvalue weighted by Gasteiger charge is 2.22. The molecule has 1 aliphatic heterocycles. The average Bonchev–Trinajstić information content (AvgIpc) is 2.95. The first kappa shape index (κ1) is 15.0. The Morgan fingerprint density at radius 3 is 2.74 bits per heavy atom. The Bertz CT molecular complexity index is 779. The summed E-state index contributed by atoms with van der Waals surface area (Å²) in [4.78, 5) is 23.9. The normalized spacial score (nSPS) is 14.1. The molecule has 1 aliphatic rings. The van der Waals surface area contributed by atoms with Gasteiger partial charge in [0.05, 0.1) is 11.0 Å². The zero-order valence-corrected chi connectivity index (χ0v) is 12.2. The molecule has 23 heavy (non-hydrogen) atoms. The molecule has 1 saturated heterocycles. The van der Waals surface area contributed by atoms with Crippen molar-refractivity contribution < 1.29 is 14.1 Å². The molecule has 0 unspecified atom stereocenters. The molecule has 1 fully saturated rings. The fraction of sp³-hybridized carbons (Fsp3) is 0.188. The number of amides is 1. The lowest BCUT2D eigenvalue weighted by molar-refractivity contribution is -0.384. The summed E-state index contributed by atoms with van der Waals surface area (Å²) in [5, 5.41) is 13.9. The summed E-state index contributed by atoms with van der Waals surface area (Å²) in [6.07, 6.45) is 1.35. The Labute approximate surface area is 131 Å². The number of nitrogens with zero attached hydrogens (tertiary/aromatic N) is 2. The first-order valence-electron chi connectivity index (χ1n) is 7.16. The van der Waals surface area contributed by atoms with Crippen LogP contribution < -0.4 is 10.2 Å². The molecule has 3 rings (SSSR count). The monoisotopic (exact) mass is 315 g/mol. The Kier molecular flexibility index (Phi) is 3.92. The van der Waals surface area contributed by atoms with Gasteiger partial charge < -0.3 is 10.2 Å². The van der Waals surface area contributed by atoms with Gasteiger partial charge in [-0.2, -0.15) is 0 Å². The van der Waals surface area contributed by atoms with Gasteiger partial charge >= 0.3 is 0 Å². The van der Waals surface area contributed by atoms with Crippen LogP contribution in [0.15, 0.2) is 42.5 Å². The number of benzene rings is 2. The fourth-order valence-electron chi connectivity index (χ4n) is 2.59. The summed E-state index contributed by atoms with van der Waals surface area (Å²) in [7, 11) is 0. The van der Waals surface area contributed by atoms with Crippen molar-refractivity contribution >= 4 is 28.7 Å². The Balaban J connectivity index is 1.89. The van der Waals surface area contributed by atoms with Crippen LogP contribution in [0.2, 0.25) is 0 Å². The van der Waals surface area contributed by atoms with Gasteiger partial charge in [-0.15, -0.1) is 0 Å². The van der Waals surface area contributed by atoms with Crippen LogP contribution in [0.4, 0.5) is 27.1 Å². The van der Waals surface area contributed by atoms with E-state index >= 15 is 0 Å². The predicted octanol–water partition coefficient (Wildman–Crippen LogP) is 3.60. The number of hydrogen-bond donors (Lipinski definition) is 1. The average molecular weight is 315 g/mol. The van der Waals surface area contributed by atoms with Crippen molar-refractivity contribution in [3.05, 3.63) is 58.4 Å². The number of carbonyl (C=O) groups excluding carboxylic acids is 1. The number of rotatable bonds is 4. The third-order valence-electron chi connectivity index (χ3n) is 3.67. The van der Waals surface area contributed by atoms with E-state index in [4.69, 9.17) is 0 Å². The summed E-state index contributed by atoms with van der Waals surface area (Å²) < 4.78 is 13.2. The Morgan fingerprint density at radius 2 is 2.04 bits per heavy atom. The molecular formula is C16H14FN3O3. The van der Waals surface area contributed by atoms with Gasteiger partial charge in [0.2, 0.25) is 5.91 Å². The van der Waals surface area contributed by atoms with Gasteiger partial charge in [-0.25, -0.2) is 4.39 Å². The molecule has 0 atom stereocenters. The quantitative estimate of drug-likeness (QED) is 0.691. The molecule has 7 heteroatoms. The zero-order valence-electron chi connectivity index (χ0n) is 12.2. The molecule has 0 aliphatic carbocycles. The SMILES string of the molecule is O=C1CCCN1c1cccc(Nc2ccc(F)cc2[N+](=O)[O-])c1. The van der Waals surface area contributed by atoms with E-state index in [-0.39, 0.29) is 17.3 Å². The number of carbonyl (C=O) groups is 1. The number of anilines is 3. The van der Waals surface area contributed by atoms with E-state index in [9.17, 15) is 19.3 Å². The summed E-state index contributed by atoms with van der Waals surface area (Å²) in [5.74, 6) is -0.603. The van der Waals surface area contributed by atoms with Gasteiger partial charge in [0.15, 0.2) is 0 Å². The number of hydrogen-bond acceptors (Lipinski definition) is 4. The zero-order chi connectivity index (χ0) is 16.4. The predicted molar refractivity (Wildman–Crippen MR) is 84.4 cm³/mol. The van der Waals surface area contributed by atoms with Crippen LogP contribution in [0, 0.1) is 15.9 Å². The van der Waals surface area contributed by atoms with E-state index in [1.807, 2.05) is 6.07 Å². The van der Waals surface area contributed by atoms with Crippen LogP contribution in [0.25, 0.3) is 0 Å². The Morgan fingerprint density at radius 1 is 1.22 bits per heavy atom. The molecule has 0 spiro atoms. The number of nitro groups is 1. The first-order valence-corrected chi connectivity index (χ1v) is 7.16. The van der Waals surface area contributed by atoms with Gasteiger partial charge in [0.25, 0.3) is 5.69 Å². The topological polar surface area (TPSA) is 75.5 Å². The molecule has 0 radical (unpaired) electrons. The second kappa shape index (κ2) is 6.04. The molecule has 1 heterocycles. The van der Waals surface area contributed by atoms with Crippen molar-refractivity contribution in [2.75, 3.05) is 16.8 Å². The second-order valence-electron chi connectivity index (χ2n) is 5.24. The minimum absolute atomic E-state index is 0.0647. The Hall–Kier alpha value is -2.96. The number of nitro benzene ring substituents is 1. The van der Waals surface area contributed by atoms with E-state index < -0.39 is 10.7 Å². The lowest BCUT2D eigenvalue weighted by Gasteiger charge is -2.17. The third-order valence-corrected chi connectivity index (χ3v) is 3.67. The summed E-state index contributed by atoms with van der Waals surface area (Å²) in [5.41, 5.74) is 1.19. The van der Waals surface area contributed by atoms with Crippen molar-refractivity contribution in [1.29, 1.82) is 0 Å². The molecule has 1 amide bonds. The van der Waals surface area contributed by atoms with Crippen molar-refractivity contribution in [1.82, 2.24) is 0 Å². The van der Waals surface area contributed by atoms with Crippen molar-refractivity contribution in [2.24, 2.45) is 0 Å². The van der Waals surface area contributed by atoms with Crippen molar-refractivity contribution in [3.8, 4) is 0 Å². The highest BCUT2D eigenvalue weighted by atomic mass is 19.1. The number of halogens is 1. The fourth-order valence-corrected chi connectivity index (χ4v) is 2.59. The van der Waals surface area contributed by atoms with Gasteiger partial charge in [-0.1, -0.05) is 6.07 Å². The van der Waals surface area contributed by atoms with E-state index in [0.29, 0.717) is 18.7 Å². The maximum absolute atomic E-state index is 13.2. The lowest BCUT2D eigenvalue weighted by Crippen LogP contribution is -2.23. The molecule has 2 aromatic carbocycles. The summed E-state index contributed by atoms with van der Waals surface area (Å²) >= 11 is 0. The van der Waals surface area contributed by atoms with E-state index in [2.05, 4.69) is 5.32 Å². The maximum Gasteiger partial charge on any atom is 0.295 e. The minimum atomic E-state index is -0.668. The molecule has 0 aromatic heterocycles. The smallest absolute Gasteiger partial charge is 0.295 e. The van der Waals surface area contributed by atoms with Gasteiger partial charge in [0.1, 0.15) is 11.5 Å². The highest BCUT2D eigenvalue weighted by molar-refractivity contribution is 5.95. The van der Waals surface area contributed by atoms with Crippen molar-refractivity contribution in [2.45, 2.75) is 12.8 Å². The van der Waals surface area contributed by atoms with E-state index in [0.717, 1.165) is 24.2 Å². The standard InChI is InChI=1S/C16H14FN3O3/c17-11-6-7-14(15(9-11)20(22)23)18-12-3-1-4-13(10-12)19-8-2-5-16(19)21/h1,3-4,6-7,9-10,18H,2,5,8H2. The van der Waals surface area contributed by atoms with Crippen LogP contribution >= 0.6 is 0 Å². The van der Waals surface area contributed by atoms with Gasteiger partial charge in [-0.3, -0.25) is 14.9 Å². The van der Waals surface area contributed by atoms with E-state index in [1.54, 1.807) is 23.1 Å². The third kappa shape index (κ3) is 3.13. The van der Waals surface area contributed by atoms with Crippen LogP contribution in [-0.2, 0) is 4.79 Å². The molecule has 1 N–H and O–H groups in total. The maximum atomic E-state index is 13.2. The summed E-state index contributed by atoms with van der Waals surface area (Å²) in [6.45, 7) is 0.666. The van der Waals surface area contributed by atoms with Crippen molar-refractivity contribution in [3.63, 3.8) is 0 Å². The van der Waals surface area contributed by atoms with E-state index in [1.165, 1.54) is 6.07 Å². The molecule has 0 saturated carbocycles. The second-order valence-corrected chi connectivity index (χ2v) is 5.24. The van der Waals surface area contributed by atoms with Crippen LogP contribution in [0.3, 0.4) is 0 Å². The first-order chi connectivity index (χ1) is 11.0. The van der Waals surface area contributed by atoms with Crippen LogP contribution in [-0.4, -0.2) is 17.4 Å². The summed E-state index contributed by atoms with van der Waals surface area (Å²) in [6, 6.07) is 10.4. The highest BCUT2D eigenvalue weighted by Crippen LogP contribution is 2.30. The van der Waals surface area contributed by atoms with Gasteiger partial charge in [-0.05, 0) is 36.8 Å². The minimum Gasteiger partial charge on any atom is -0.350 e. The molecule has 2 aromatic rings. The van der Waals surface area contributed by atoms with Crippen LogP contribution in [0.5, 0.6) is 0 Å². The molecular weight excluding hydrogens is 301 g/mol. The van der Waals surface area contributed by atoms with Gasteiger partial charge in [0, 0.05) is 24.3 Å². The van der Waals surface area contributed by atoms with Crippen LogP contribution in [0.1, 0.15) is 12.8 Å². The number of nitrogens with one attached hydrogen (secondary N) is 1.